The van der Waals surface area contributed by atoms with E-state index in [1.54, 1.807) is 31.8 Å². The van der Waals surface area contributed by atoms with E-state index in [9.17, 15) is 9.18 Å². The molecule has 1 aliphatic rings. The van der Waals surface area contributed by atoms with Crippen LogP contribution in [0.3, 0.4) is 0 Å². The molecule has 0 fully saturated rings. The molecule has 140 valence electrons. The Kier molecular flexibility index (Phi) is 4.72. The number of aromatic amines is 1. The lowest BCUT2D eigenvalue weighted by Crippen LogP contribution is -2.26. The van der Waals surface area contributed by atoms with E-state index in [1.165, 1.54) is 12.1 Å². The molecule has 8 heteroatoms. The third kappa shape index (κ3) is 3.48. The number of nitrogens with zero attached hydrogens (tertiary/aromatic N) is 3. The van der Waals surface area contributed by atoms with Crippen molar-refractivity contribution in [1.29, 1.82) is 0 Å². The number of methoxy groups -OCH3 is 1. The minimum absolute atomic E-state index is 0.0440. The number of fused-ring (bicyclic) bond motifs is 1. The first-order valence-corrected chi connectivity index (χ1v) is 8.77. The van der Waals surface area contributed by atoms with E-state index in [1.807, 2.05) is 4.57 Å². The summed E-state index contributed by atoms with van der Waals surface area (Å²) in [6, 6.07) is 6.40. The Labute approximate surface area is 155 Å². The highest BCUT2D eigenvalue weighted by Gasteiger charge is 2.27. The van der Waals surface area contributed by atoms with Crippen LogP contribution in [0.25, 0.3) is 11.5 Å². The number of aromatic nitrogens is 4. The molecule has 0 unspecified atom stereocenters. The number of carbonyl (C=O) groups excluding carboxylic acids is 1. The normalized spacial score (nSPS) is 16.7. The van der Waals surface area contributed by atoms with Crippen LogP contribution >= 0.6 is 0 Å². The van der Waals surface area contributed by atoms with Gasteiger partial charge in [0.2, 0.25) is 0 Å². The van der Waals surface area contributed by atoms with E-state index in [0.29, 0.717) is 37.6 Å². The van der Waals surface area contributed by atoms with E-state index < -0.39 is 0 Å². The molecule has 3 aromatic rings. The molecule has 3 heterocycles. The predicted molar refractivity (Wildman–Crippen MR) is 96.9 cm³/mol. The van der Waals surface area contributed by atoms with Crippen LogP contribution in [-0.2, 0) is 17.7 Å². The summed E-state index contributed by atoms with van der Waals surface area (Å²) in [7, 11) is 1.64. The average molecular weight is 369 g/mol. The highest BCUT2D eigenvalue weighted by molar-refractivity contribution is 5.94. The van der Waals surface area contributed by atoms with Crippen molar-refractivity contribution >= 4 is 5.91 Å². The number of benzene rings is 1. The van der Waals surface area contributed by atoms with Gasteiger partial charge in [0.25, 0.3) is 5.91 Å². The zero-order valence-corrected chi connectivity index (χ0v) is 14.9. The Balaban J connectivity index is 1.65. The van der Waals surface area contributed by atoms with Gasteiger partial charge in [-0.15, -0.1) is 0 Å². The third-order valence-electron chi connectivity index (χ3n) is 4.79. The molecule has 0 saturated carbocycles. The van der Waals surface area contributed by atoms with E-state index >= 15 is 0 Å². The van der Waals surface area contributed by atoms with E-state index in [-0.39, 0.29) is 17.6 Å². The minimum atomic E-state index is -0.273. The van der Waals surface area contributed by atoms with Crippen LogP contribution < -0.4 is 5.32 Å². The van der Waals surface area contributed by atoms with Crippen LogP contribution in [0.5, 0.6) is 0 Å². The first-order chi connectivity index (χ1) is 13.2. The minimum Gasteiger partial charge on any atom is -0.383 e. The molecule has 2 N–H and O–H groups in total. The number of hydrogen-bond acceptors (Lipinski definition) is 4. The number of ether oxygens (including phenoxy) is 1. The summed E-state index contributed by atoms with van der Waals surface area (Å²) in [6.07, 6.45) is 4.03. The van der Waals surface area contributed by atoms with Crippen molar-refractivity contribution in [2.45, 2.75) is 18.9 Å². The van der Waals surface area contributed by atoms with E-state index in [0.717, 1.165) is 17.0 Å². The fourth-order valence-corrected chi connectivity index (χ4v) is 3.34. The molecule has 1 atom stereocenters. The van der Waals surface area contributed by atoms with Crippen molar-refractivity contribution in [1.82, 2.24) is 24.8 Å². The van der Waals surface area contributed by atoms with Crippen molar-refractivity contribution in [3.8, 4) is 11.5 Å². The van der Waals surface area contributed by atoms with Crippen molar-refractivity contribution in [2.24, 2.45) is 0 Å². The summed E-state index contributed by atoms with van der Waals surface area (Å²) in [5, 5.41) is 2.91. The van der Waals surface area contributed by atoms with Crippen molar-refractivity contribution in [3.05, 3.63) is 59.6 Å². The van der Waals surface area contributed by atoms with Gasteiger partial charge in [-0.05, 0) is 24.1 Å². The zero-order valence-electron chi connectivity index (χ0n) is 14.9. The molecule has 0 radical (unpaired) electrons. The number of amides is 1. The largest absolute Gasteiger partial charge is 0.383 e. The molecule has 4 rings (SSSR count). The van der Waals surface area contributed by atoms with Gasteiger partial charge in [-0.25, -0.2) is 14.4 Å². The first kappa shape index (κ1) is 17.4. The van der Waals surface area contributed by atoms with Crippen molar-refractivity contribution < 1.29 is 13.9 Å². The summed E-state index contributed by atoms with van der Waals surface area (Å²) in [5.74, 6) is 0.163. The van der Waals surface area contributed by atoms with Gasteiger partial charge in [-0.1, -0.05) is 12.1 Å². The maximum absolute atomic E-state index is 13.2. The van der Waals surface area contributed by atoms with Gasteiger partial charge >= 0.3 is 0 Å². The van der Waals surface area contributed by atoms with Gasteiger partial charge in [0.1, 0.15) is 17.2 Å². The number of carbonyl (C=O) groups is 1. The van der Waals surface area contributed by atoms with Gasteiger partial charge in [0.15, 0.2) is 5.82 Å². The Morgan fingerprint density at radius 3 is 2.93 bits per heavy atom. The predicted octanol–water partition coefficient (Wildman–Crippen LogP) is 2.13. The van der Waals surface area contributed by atoms with E-state index in [2.05, 4.69) is 20.3 Å². The molecule has 1 amide bonds. The topological polar surface area (TPSA) is 84.8 Å². The molecule has 1 aliphatic heterocycles. The lowest BCUT2D eigenvalue weighted by Gasteiger charge is -2.14. The monoisotopic (exact) mass is 369 g/mol. The lowest BCUT2D eigenvalue weighted by atomic mass is 9.94. The summed E-state index contributed by atoms with van der Waals surface area (Å²) in [5.41, 5.74) is 2.94. The quantitative estimate of drug-likeness (QED) is 0.722. The van der Waals surface area contributed by atoms with Gasteiger partial charge in [0.05, 0.1) is 19.1 Å². The van der Waals surface area contributed by atoms with Crippen LogP contribution in [0, 0.1) is 5.82 Å². The number of halogens is 1. The molecular weight excluding hydrogens is 349 g/mol. The van der Waals surface area contributed by atoms with Crippen LogP contribution in [0.15, 0.2) is 36.8 Å². The standard InChI is InChI=1S/C19H20FN5O2/c1-27-7-6-25-11-21-10-16(25)18-23-15-8-13(9-22-19(26)17(15)24-18)12-2-4-14(20)5-3-12/h2-5,10-11,13H,6-9H2,1H3,(H,22,26)(H,23,24)/t13-/m0/s1. The second kappa shape index (κ2) is 7.32. The third-order valence-corrected chi connectivity index (χ3v) is 4.79. The SMILES string of the molecule is COCCn1cncc1-c1nc2c([nH]1)C[C@H](c1ccc(F)cc1)CNC2=O. The molecule has 0 bridgehead atoms. The molecule has 27 heavy (non-hydrogen) atoms. The number of nitrogens with one attached hydrogen (secondary N) is 2. The van der Waals surface area contributed by atoms with Gasteiger partial charge in [-0.3, -0.25) is 4.79 Å². The van der Waals surface area contributed by atoms with Gasteiger partial charge in [0, 0.05) is 31.8 Å². The highest BCUT2D eigenvalue weighted by atomic mass is 19.1. The Morgan fingerprint density at radius 1 is 1.33 bits per heavy atom. The van der Waals surface area contributed by atoms with E-state index in [4.69, 9.17) is 4.74 Å². The Bertz CT molecular complexity index is 947. The number of imidazole rings is 2. The summed E-state index contributed by atoms with van der Waals surface area (Å²) in [4.78, 5) is 24.5. The maximum Gasteiger partial charge on any atom is 0.271 e. The first-order valence-electron chi connectivity index (χ1n) is 8.77. The van der Waals surface area contributed by atoms with Crippen LogP contribution in [-0.4, -0.2) is 45.7 Å². The van der Waals surface area contributed by atoms with Crippen LogP contribution in [0.4, 0.5) is 4.39 Å². The molecule has 2 aromatic heterocycles. The van der Waals surface area contributed by atoms with Crippen LogP contribution in [0.2, 0.25) is 0 Å². The molecule has 0 spiro atoms. The zero-order chi connectivity index (χ0) is 18.8. The molecule has 0 saturated heterocycles. The van der Waals surface area contributed by atoms with Gasteiger partial charge in [-0.2, -0.15) is 0 Å². The fraction of sp³-hybridized carbons (Fsp3) is 0.316. The second-order valence-electron chi connectivity index (χ2n) is 6.54. The van der Waals surface area contributed by atoms with Crippen LogP contribution in [0.1, 0.15) is 27.7 Å². The number of H-pyrrole nitrogens is 1. The average Bonchev–Trinajstić information content (AvgIpc) is 3.27. The van der Waals surface area contributed by atoms with Gasteiger partial charge < -0.3 is 19.6 Å². The summed E-state index contributed by atoms with van der Waals surface area (Å²) in [6.45, 7) is 1.67. The molecule has 0 aliphatic carbocycles. The number of rotatable bonds is 5. The Morgan fingerprint density at radius 2 is 2.15 bits per heavy atom. The van der Waals surface area contributed by atoms with Crippen molar-refractivity contribution in [3.63, 3.8) is 0 Å². The molecule has 7 nitrogen and oxygen atoms in total. The lowest BCUT2D eigenvalue weighted by molar-refractivity contribution is 0.0950. The second-order valence-corrected chi connectivity index (χ2v) is 6.54. The summed E-state index contributed by atoms with van der Waals surface area (Å²) < 4.78 is 20.3. The fourth-order valence-electron chi connectivity index (χ4n) is 3.34. The molecular formula is C19H20FN5O2. The maximum atomic E-state index is 13.2. The smallest absolute Gasteiger partial charge is 0.271 e. The Hall–Kier alpha value is -3.00. The molecule has 1 aromatic carbocycles. The van der Waals surface area contributed by atoms with Crippen molar-refractivity contribution in [2.75, 3.05) is 20.3 Å². The number of hydrogen-bond donors (Lipinski definition) is 2. The highest BCUT2D eigenvalue weighted by Crippen LogP contribution is 2.27. The summed E-state index contributed by atoms with van der Waals surface area (Å²) >= 11 is 0.